The summed E-state index contributed by atoms with van der Waals surface area (Å²) in [4.78, 5) is 17.6. The van der Waals surface area contributed by atoms with E-state index in [1.807, 2.05) is 30.3 Å². The summed E-state index contributed by atoms with van der Waals surface area (Å²) in [5.74, 6) is -1.11. The Labute approximate surface area is 177 Å². The van der Waals surface area contributed by atoms with Crippen LogP contribution in [0.1, 0.15) is 23.2 Å². The van der Waals surface area contributed by atoms with Crippen LogP contribution in [0.4, 0.5) is 0 Å². The number of carbonyl (C=O) groups is 1. The van der Waals surface area contributed by atoms with E-state index < -0.39 is 16.0 Å². The molecule has 8 heteroatoms. The molecule has 3 heterocycles. The minimum Gasteiger partial charge on any atom is -0.478 e. The maximum absolute atomic E-state index is 12.9. The molecule has 30 heavy (non-hydrogen) atoms. The Balaban J connectivity index is 1.67. The summed E-state index contributed by atoms with van der Waals surface area (Å²) in [5, 5.41) is 11.2. The fraction of sp³-hybridized carbons (Fsp3) is 0.182. The molecule has 0 saturated carbocycles. The van der Waals surface area contributed by atoms with Crippen LogP contribution in [-0.2, 0) is 10.0 Å². The molecule has 5 rings (SSSR count). The molecule has 0 atom stereocenters. The van der Waals surface area contributed by atoms with Gasteiger partial charge in [-0.1, -0.05) is 18.2 Å². The lowest BCUT2D eigenvalue weighted by molar-refractivity contribution is 0.0699. The summed E-state index contributed by atoms with van der Waals surface area (Å²) >= 11 is 1.55. The lowest BCUT2D eigenvalue weighted by Crippen LogP contribution is -2.27. The monoisotopic (exact) mass is 438 g/mol. The molecule has 1 aliphatic heterocycles. The van der Waals surface area contributed by atoms with E-state index in [0.717, 1.165) is 27.8 Å². The molecule has 0 aliphatic carbocycles. The van der Waals surface area contributed by atoms with Crippen molar-refractivity contribution in [1.82, 2.24) is 9.29 Å². The average Bonchev–Trinajstić information content (AvgIpc) is 3.42. The number of aromatic nitrogens is 1. The number of hydrogen-bond acceptors (Lipinski definition) is 5. The number of nitrogens with zero attached hydrogens (tertiary/aromatic N) is 2. The maximum atomic E-state index is 12.9. The Kier molecular flexibility index (Phi) is 4.57. The molecular formula is C22H18N2O4S2. The van der Waals surface area contributed by atoms with Crippen molar-refractivity contribution in [3.8, 4) is 10.6 Å². The largest absolute Gasteiger partial charge is 0.478 e. The van der Waals surface area contributed by atoms with Crippen LogP contribution in [-0.4, -0.2) is 41.9 Å². The van der Waals surface area contributed by atoms with Gasteiger partial charge in [0.2, 0.25) is 10.0 Å². The number of thiophene rings is 1. The van der Waals surface area contributed by atoms with E-state index in [9.17, 15) is 18.3 Å². The molecule has 0 unspecified atom stereocenters. The molecule has 2 aromatic carbocycles. The molecule has 0 radical (unpaired) electrons. The maximum Gasteiger partial charge on any atom is 0.336 e. The van der Waals surface area contributed by atoms with Gasteiger partial charge in [-0.2, -0.15) is 4.31 Å². The van der Waals surface area contributed by atoms with Gasteiger partial charge in [-0.15, -0.1) is 11.3 Å². The van der Waals surface area contributed by atoms with Crippen molar-refractivity contribution in [2.24, 2.45) is 0 Å². The van der Waals surface area contributed by atoms with Crippen molar-refractivity contribution in [2.75, 3.05) is 13.1 Å². The van der Waals surface area contributed by atoms with E-state index in [1.54, 1.807) is 17.4 Å². The number of fused-ring (bicyclic) bond motifs is 2. The summed E-state index contributed by atoms with van der Waals surface area (Å²) in [6.07, 6.45) is 1.68. The van der Waals surface area contributed by atoms with Crippen molar-refractivity contribution in [3.63, 3.8) is 0 Å². The predicted molar refractivity (Wildman–Crippen MR) is 118 cm³/mol. The number of hydrogen-bond donors (Lipinski definition) is 1. The van der Waals surface area contributed by atoms with Crippen molar-refractivity contribution >= 4 is 48.3 Å². The molecule has 0 spiro atoms. The summed E-state index contributed by atoms with van der Waals surface area (Å²) in [6, 6.07) is 16.0. The van der Waals surface area contributed by atoms with Gasteiger partial charge in [0.25, 0.3) is 0 Å². The van der Waals surface area contributed by atoms with Crippen LogP contribution < -0.4 is 0 Å². The first-order valence-electron chi connectivity index (χ1n) is 9.61. The summed E-state index contributed by atoms with van der Waals surface area (Å²) < 4.78 is 28.4. The number of carboxylic acids is 1. The lowest BCUT2D eigenvalue weighted by Gasteiger charge is -2.16. The quantitative estimate of drug-likeness (QED) is 0.503. The Morgan fingerprint density at radius 1 is 1.03 bits per heavy atom. The first-order chi connectivity index (χ1) is 14.4. The molecule has 1 N–H and O–H groups in total. The van der Waals surface area contributed by atoms with Gasteiger partial charge in [0.05, 0.1) is 26.5 Å². The normalized spacial score (nSPS) is 15.2. The fourth-order valence-electron chi connectivity index (χ4n) is 3.85. The number of pyridine rings is 1. The minimum absolute atomic E-state index is 0.0472. The van der Waals surface area contributed by atoms with E-state index in [1.165, 1.54) is 22.5 Å². The highest BCUT2D eigenvalue weighted by Gasteiger charge is 2.28. The Morgan fingerprint density at radius 3 is 2.53 bits per heavy atom. The highest BCUT2D eigenvalue weighted by atomic mass is 32.2. The molecule has 0 amide bonds. The first kappa shape index (κ1) is 19.2. The fourth-order valence-corrected chi connectivity index (χ4v) is 6.42. The van der Waals surface area contributed by atoms with Gasteiger partial charge in [0.15, 0.2) is 0 Å². The summed E-state index contributed by atoms with van der Waals surface area (Å²) in [7, 11) is -3.64. The van der Waals surface area contributed by atoms with Gasteiger partial charge in [-0.25, -0.2) is 18.2 Å². The van der Waals surface area contributed by atoms with Crippen molar-refractivity contribution < 1.29 is 18.3 Å². The van der Waals surface area contributed by atoms with Gasteiger partial charge in [0, 0.05) is 23.2 Å². The third kappa shape index (κ3) is 3.17. The van der Waals surface area contributed by atoms with E-state index in [0.29, 0.717) is 29.7 Å². The molecule has 2 aromatic heterocycles. The number of benzene rings is 2. The molecule has 6 nitrogen and oxygen atoms in total. The van der Waals surface area contributed by atoms with Crippen LogP contribution in [0.15, 0.2) is 59.5 Å². The lowest BCUT2D eigenvalue weighted by atomic mass is 10.1. The van der Waals surface area contributed by atoms with Crippen LogP contribution in [0.25, 0.3) is 31.6 Å². The van der Waals surface area contributed by atoms with Crippen molar-refractivity contribution in [1.29, 1.82) is 0 Å². The standard InChI is InChI=1S/C22H18N2O4S2/c25-22(26)17-13-19(21-11-14-5-1-2-6-20(14)29-21)23-18-8-7-15(12-16(17)18)30(27,28)24-9-3-4-10-24/h1-2,5-8,11-13H,3-4,9-10H2,(H,25,26). The zero-order valence-electron chi connectivity index (χ0n) is 15.9. The van der Waals surface area contributed by atoms with E-state index >= 15 is 0 Å². The van der Waals surface area contributed by atoms with Crippen LogP contribution in [0.5, 0.6) is 0 Å². The minimum atomic E-state index is -3.64. The molecule has 1 saturated heterocycles. The highest BCUT2D eigenvalue weighted by Crippen LogP contribution is 2.35. The zero-order chi connectivity index (χ0) is 20.9. The van der Waals surface area contributed by atoms with Gasteiger partial charge < -0.3 is 5.11 Å². The molecule has 152 valence electrons. The Bertz CT molecular complexity index is 1370. The number of sulfonamides is 1. The second kappa shape index (κ2) is 7.16. The van der Waals surface area contributed by atoms with Crippen LogP contribution in [0, 0.1) is 0 Å². The third-order valence-corrected chi connectivity index (χ3v) is 8.42. The number of aromatic carboxylic acids is 1. The topological polar surface area (TPSA) is 87.6 Å². The van der Waals surface area contributed by atoms with Gasteiger partial charge >= 0.3 is 5.97 Å². The second-order valence-electron chi connectivity index (χ2n) is 7.30. The summed E-state index contributed by atoms with van der Waals surface area (Å²) in [6.45, 7) is 0.991. The van der Waals surface area contributed by atoms with Gasteiger partial charge in [-0.05, 0) is 54.6 Å². The molecular weight excluding hydrogens is 420 g/mol. The van der Waals surface area contributed by atoms with E-state index in [4.69, 9.17) is 0 Å². The Morgan fingerprint density at radius 2 is 1.80 bits per heavy atom. The third-order valence-electron chi connectivity index (χ3n) is 5.39. The van der Waals surface area contributed by atoms with E-state index in [-0.39, 0.29) is 10.5 Å². The second-order valence-corrected chi connectivity index (χ2v) is 10.3. The number of carboxylic acid groups (broad SMARTS) is 1. The van der Waals surface area contributed by atoms with Gasteiger partial charge in [-0.3, -0.25) is 0 Å². The molecule has 1 fully saturated rings. The predicted octanol–water partition coefficient (Wildman–Crippen LogP) is 4.60. The first-order valence-corrected chi connectivity index (χ1v) is 11.9. The highest BCUT2D eigenvalue weighted by molar-refractivity contribution is 7.89. The van der Waals surface area contributed by atoms with Gasteiger partial charge in [0.1, 0.15) is 0 Å². The molecule has 4 aromatic rings. The van der Waals surface area contributed by atoms with Crippen LogP contribution in [0.3, 0.4) is 0 Å². The van der Waals surface area contributed by atoms with Crippen LogP contribution >= 0.6 is 11.3 Å². The molecule has 0 bridgehead atoms. The summed E-state index contributed by atoms with van der Waals surface area (Å²) in [5.41, 5.74) is 1.07. The number of rotatable bonds is 4. The zero-order valence-corrected chi connectivity index (χ0v) is 17.5. The molecule has 1 aliphatic rings. The smallest absolute Gasteiger partial charge is 0.336 e. The van der Waals surface area contributed by atoms with Crippen molar-refractivity contribution in [3.05, 3.63) is 60.2 Å². The Hall–Kier alpha value is -2.81. The van der Waals surface area contributed by atoms with E-state index in [2.05, 4.69) is 4.98 Å². The average molecular weight is 439 g/mol. The van der Waals surface area contributed by atoms with Crippen molar-refractivity contribution in [2.45, 2.75) is 17.7 Å². The van der Waals surface area contributed by atoms with Crippen LogP contribution in [0.2, 0.25) is 0 Å². The SMILES string of the molecule is O=C(O)c1cc(-c2cc3ccccc3s2)nc2ccc(S(=O)(=O)N3CCCC3)cc12.